The van der Waals surface area contributed by atoms with Gasteiger partial charge in [-0.2, -0.15) is 0 Å². The Morgan fingerprint density at radius 3 is 2.83 bits per heavy atom. The van der Waals surface area contributed by atoms with Crippen LogP contribution in [-0.4, -0.2) is 35.8 Å². The van der Waals surface area contributed by atoms with Crippen molar-refractivity contribution in [1.82, 2.24) is 4.90 Å². The van der Waals surface area contributed by atoms with E-state index in [0.29, 0.717) is 13.0 Å². The predicted molar refractivity (Wildman–Crippen MR) is 85.6 cm³/mol. The number of rotatable bonds is 2. The zero-order valence-corrected chi connectivity index (χ0v) is 13.7. The highest BCUT2D eigenvalue weighted by molar-refractivity contribution is 7.10. The Morgan fingerprint density at radius 1 is 1.17 bits per heavy atom. The number of nitrogens with zero attached hydrogens (tertiary/aromatic N) is 1. The molecule has 0 saturated carbocycles. The van der Waals surface area contributed by atoms with Crippen LogP contribution < -0.4 is 0 Å². The minimum absolute atomic E-state index is 0.553. The van der Waals surface area contributed by atoms with Crippen LogP contribution in [0.2, 0.25) is 0 Å². The standard InChI is InChI=1S/C17H19NO4S/c19-15-16(20)22-17(21-15)8-1-2-9-18(17)10-6-12-4-3-5-14-13(12)7-11-23-14/h6-7,11H,1-5,8-10H2/b12-6+. The summed E-state index contributed by atoms with van der Waals surface area (Å²) in [6.45, 7) is 1.39. The van der Waals surface area contributed by atoms with Gasteiger partial charge in [-0.15, -0.1) is 11.3 Å². The lowest BCUT2D eigenvalue weighted by Gasteiger charge is -2.39. The molecule has 2 aliphatic heterocycles. The first-order valence-corrected chi connectivity index (χ1v) is 9.03. The van der Waals surface area contributed by atoms with Crippen molar-refractivity contribution in [2.75, 3.05) is 13.1 Å². The highest BCUT2D eigenvalue weighted by atomic mass is 32.1. The van der Waals surface area contributed by atoms with Crippen molar-refractivity contribution in [3.05, 3.63) is 28.0 Å². The van der Waals surface area contributed by atoms with Crippen molar-refractivity contribution >= 4 is 28.8 Å². The summed E-state index contributed by atoms with van der Waals surface area (Å²) in [4.78, 5) is 26.4. The van der Waals surface area contributed by atoms with Crippen molar-refractivity contribution in [3.63, 3.8) is 0 Å². The Bertz CT molecular complexity index is 662. The van der Waals surface area contributed by atoms with Crippen molar-refractivity contribution in [2.24, 2.45) is 0 Å². The molecule has 5 nitrogen and oxygen atoms in total. The third-order valence-corrected chi connectivity index (χ3v) is 5.80. The Labute approximate surface area is 138 Å². The van der Waals surface area contributed by atoms with Gasteiger partial charge in [0.2, 0.25) is 0 Å². The SMILES string of the molecule is O=C1OC2(CCCCN2C/C=C2\CCCc3sccc32)OC1=O. The number of hydrogen-bond donors (Lipinski definition) is 0. The van der Waals surface area contributed by atoms with Gasteiger partial charge >= 0.3 is 17.8 Å². The second kappa shape index (κ2) is 5.76. The summed E-state index contributed by atoms with van der Waals surface area (Å²) in [5, 5.41) is 2.15. The predicted octanol–water partition coefficient (Wildman–Crippen LogP) is 2.71. The van der Waals surface area contributed by atoms with Gasteiger partial charge in [-0.25, -0.2) is 14.5 Å². The molecule has 6 heteroatoms. The average molecular weight is 333 g/mol. The highest BCUT2D eigenvalue weighted by Gasteiger charge is 2.53. The highest BCUT2D eigenvalue weighted by Crippen LogP contribution is 2.37. The Balaban J connectivity index is 1.55. The second-order valence-corrected chi connectivity index (χ2v) is 7.24. The normalized spacial score (nSPS) is 25.5. The molecule has 1 aliphatic carbocycles. The van der Waals surface area contributed by atoms with Crippen molar-refractivity contribution in [1.29, 1.82) is 0 Å². The van der Waals surface area contributed by atoms with E-state index in [4.69, 9.17) is 9.47 Å². The number of ether oxygens (including phenoxy) is 2. The number of esters is 2. The minimum Gasteiger partial charge on any atom is -0.400 e. The van der Waals surface area contributed by atoms with Crippen LogP contribution in [0, 0.1) is 0 Å². The lowest BCUT2D eigenvalue weighted by molar-refractivity contribution is -0.260. The van der Waals surface area contributed by atoms with E-state index in [1.54, 1.807) is 0 Å². The monoisotopic (exact) mass is 333 g/mol. The van der Waals surface area contributed by atoms with Gasteiger partial charge in [0.15, 0.2) is 0 Å². The van der Waals surface area contributed by atoms with Crippen molar-refractivity contribution < 1.29 is 19.1 Å². The first-order valence-electron chi connectivity index (χ1n) is 8.15. The lowest BCUT2D eigenvalue weighted by Crippen LogP contribution is -2.53. The van der Waals surface area contributed by atoms with E-state index in [-0.39, 0.29) is 0 Å². The number of allylic oxidation sites excluding steroid dienone is 1. The zero-order chi connectivity index (χ0) is 15.9. The fourth-order valence-electron chi connectivity index (χ4n) is 3.66. The van der Waals surface area contributed by atoms with Gasteiger partial charge in [-0.05, 0) is 54.7 Å². The quantitative estimate of drug-likeness (QED) is 0.615. The Hall–Kier alpha value is -1.66. The molecule has 0 bridgehead atoms. The molecule has 0 radical (unpaired) electrons. The molecular weight excluding hydrogens is 314 g/mol. The van der Waals surface area contributed by atoms with Crippen LogP contribution in [0.5, 0.6) is 0 Å². The van der Waals surface area contributed by atoms with Crippen molar-refractivity contribution in [3.8, 4) is 0 Å². The lowest BCUT2D eigenvalue weighted by atomic mass is 9.93. The van der Waals surface area contributed by atoms with Crippen LogP contribution >= 0.6 is 11.3 Å². The van der Waals surface area contributed by atoms with E-state index in [1.165, 1.54) is 22.4 Å². The van der Waals surface area contributed by atoms with E-state index in [0.717, 1.165) is 32.2 Å². The first-order chi connectivity index (χ1) is 11.2. The van der Waals surface area contributed by atoms with Gasteiger partial charge in [0, 0.05) is 24.4 Å². The van der Waals surface area contributed by atoms with Crippen molar-refractivity contribution in [2.45, 2.75) is 44.4 Å². The third kappa shape index (κ3) is 2.60. The van der Waals surface area contributed by atoms with Gasteiger partial charge in [-0.1, -0.05) is 6.08 Å². The molecule has 122 valence electrons. The van der Waals surface area contributed by atoms with Crippen LogP contribution in [0.3, 0.4) is 0 Å². The molecule has 3 aliphatic rings. The summed E-state index contributed by atoms with van der Waals surface area (Å²) in [6, 6.07) is 2.19. The number of carbonyl (C=O) groups is 2. The molecule has 2 saturated heterocycles. The number of hydrogen-bond acceptors (Lipinski definition) is 6. The van der Waals surface area contributed by atoms with E-state index in [1.807, 2.05) is 16.2 Å². The number of aryl methyl sites for hydroxylation is 1. The summed E-state index contributed by atoms with van der Waals surface area (Å²) in [7, 11) is 0. The zero-order valence-electron chi connectivity index (χ0n) is 12.9. The van der Waals surface area contributed by atoms with E-state index >= 15 is 0 Å². The molecule has 0 atom stereocenters. The Morgan fingerprint density at radius 2 is 2.00 bits per heavy atom. The number of thiophene rings is 1. The van der Waals surface area contributed by atoms with Gasteiger partial charge in [0.1, 0.15) is 0 Å². The first kappa shape index (κ1) is 14.9. The molecule has 0 aromatic carbocycles. The summed E-state index contributed by atoms with van der Waals surface area (Å²) in [6.07, 6.45) is 8.08. The Kier molecular flexibility index (Phi) is 3.73. The fourth-order valence-corrected chi connectivity index (χ4v) is 4.62. The van der Waals surface area contributed by atoms with E-state index in [9.17, 15) is 9.59 Å². The maximum Gasteiger partial charge on any atom is 0.421 e. The van der Waals surface area contributed by atoms with E-state index < -0.39 is 17.8 Å². The molecular formula is C17H19NO4S. The number of fused-ring (bicyclic) bond motifs is 1. The minimum atomic E-state index is -1.17. The molecule has 0 N–H and O–H groups in total. The van der Waals surface area contributed by atoms with Gasteiger partial charge < -0.3 is 9.47 Å². The number of piperidine rings is 1. The van der Waals surface area contributed by atoms with Gasteiger partial charge in [0.25, 0.3) is 0 Å². The summed E-state index contributed by atoms with van der Waals surface area (Å²) in [5.74, 6) is -2.92. The van der Waals surface area contributed by atoms with Gasteiger partial charge in [-0.3, -0.25) is 0 Å². The molecule has 1 aromatic heterocycles. The molecule has 0 amide bonds. The topological polar surface area (TPSA) is 55.8 Å². The van der Waals surface area contributed by atoms with Crippen LogP contribution in [0.4, 0.5) is 0 Å². The fraction of sp³-hybridized carbons (Fsp3) is 0.529. The molecule has 1 spiro atoms. The maximum atomic E-state index is 11.5. The third-order valence-electron chi connectivity index (χ3n) is 4.82. The van der Waals surface area contributed by atoms with Crippen LogP contribution in [0.1, 0.15) is 42.5 Å². The molecule has 0 unspecified atom stereocenters. The van der Waals surface area contributed by atoms with Gasteiger partial charge in [0.05, 0.1) is 0 Å². The molecule has 1 aromatic rings. The molecule has 3 heterocycles. The summed E-state index contributed by atoms with van der Waals surface area (Å²) >= 11 is 1.82. The summed E-state index contributed by atoms with van der Waals surface area (Å²) < 4.78 is 10.6. The van der Waals surface area contributed by atoms with E-state index in [2.05, 4.69) is 17.5 Å². The maximum absolute atomic E-state index is 11.5. The second-order valence-electron chi connectivity index (χ2n) is 6.24. The number of carbonyl (C=O) groups excluding carboxylic acids is 2. The van der Waals surface area contributed by atoms with Crippen LogP contribution in [0.15, 0.2) is 17.5 Å². The average Bonchev–Trinajstić information content (AvgIpc) is 3.12. The smallest absolute Gasteiger partial charge is 0.400 e. The summed E-state index contributed by atoms with van der Waals surface area (Å²) in [5.41, 5.74) is 2.71. The molecule has 23 heavy (non-hydrogen) atoms. The number of likely N-dealkylation sites (tertiary alicyclic amines) is 1. The molecule has 4 rings (SSSR count). The molecule has 2 fully saturated rings. The van der Waals surface area contributed by atoms with Crippen LogP contribution in [0.25, 0.3) is 5.57 Å². The van der Waals surface area contributed by atoms with Crippen LogP contribution in [-0.2, 0) is 25.5 Å². The largest absolute Gasteiger partial charge is 0.421 e.